The number of halogens is 6. The molecule has 1 fully saturated rings. The predicted molar refractivity (Wildman–Crippen MR) is 123 cm³/mol. The van der Waals surface area contributed by atoms with Crippen LogP contribution in [0.15, 0.2) is 53.9 Å². The minimum Gasteiger partial charge on any atom is -0.317 e. The van der Waals surface area contributed by atoms with E-state index in [9.17, 15) is 34.8 Å². The van der Waals surface area contributed by atoms with Crippen molar-refractivity contribution in [2.24, 2.45) is 0 Å². The molecule has 0 spiro atoms. The number of benzene rings is 2. The van der Waals surface area contributed by atoms with Crippen LogP contribution in [0.25, 0.3) is 11.1 Å². The highest BCUT2D eigenvalue weighted by Crippen LogP contribution is 2.39. The van der Waals surface area contributed by atoms with Gasteiger partial charge >= 0.3 is 12.4 Å². The first-order valence-electron chi connectivity index (χ1n) is 11.6. The minimum absolute atomic E-state index is 0.0354. The number of nitrogens with one attached hydrogen (secondary N) is 1. The van der Waals surface area contributed by atoms with Crippen LogP contribution >= 0.6 is 0 Å². The highest BCUT2D eigenvalue weighted by atomic mass is 32.2. The molecule has 1 aromatic heterocycles. The molecule has 37 heavy (non-hydrogen) atoms. The van der Waals surface area contributed by atoms with E-state index >= 15 is 0 Å². The van der Waals surface area contributed by atoms with E-state index in [2.05, 4.69) is 14.9 Å². The van der Waals surface area contributed by atoms with Crippen LogP contribution in [0.5, 0.6) is 0 Å². The molecule has 3 aromatic rings. The zero-order chi connectivity index (χ0) is 27.0. The first kappa shape index (κ1) is 27.1. The monoisotopic (exact) mass is 546 g/mol. The van der Waals surface area contributed by atoms with Gasteiger partial charge in [-0.2, -0.15) is 26.3 Å². The molecular formula is C24H24F6N4O2S. The fraction of sp³-hybridized carbons (Fsp3) is 0.417. The molecule has 2 aromatic carbocycles. The summed E-state index contributed by atoms with van der Waals surface area (Å²) in [4.78, 5) is -0.0619. The third-order valence-electron chi connectivity index (χ3n) is 6.48. The molecule has 200 valence electrons. The highest BCUT2D eigenvalue weighted by molar-refractivity contribution is 7.89. The molecule has 0 amide bonds. The van der Waals surface area contributed by atoms with Crippen molar-refractivity contribution in [2.75, 3.05) is 0 Å². The zero-order valence-electron chi connectivity index (χ0n) is 19.6. The van der Waals surface area contributed by atoms with Crippen LogP contribution in [0, 0.1) is 0 Å². The van der Waals surface area contributed by atoms with E-state index in [-0.39, 0.29) is 46.2 Å². The first-order chi connectivity index (χ1) is 17.3. The fourth-order valence-electron chi connectivity index (χ4n) is 4.64. The second-order valence-corrected chi connectivity index (χ2v) is 10.7. The van der Waals surface area contributed by atoms with Crippen LogP contribution in [0.1, 0.15) is 55.3 Å². The van der Waals surface area contributed by atoms with Crippen LogP contribution in [0.4, 0.5) is 26.3 Å². The Bertz CT molecular complexity index is 1320. The average Bonchev–Trinajstić information content (AvgIpc) is 3.37. The lowest BCUT2D eigenvalue weighted by Gasteiger charge is -2.30. The van der Waals surface area contributed by atoms with Gasteiger partial charge in [0, 0.05) is 12.1 Å². The van der Waals surface area contributed by atoms with Crippen LogP contribution in [-0.4, -0.2) is 29.2 Å². The molecule has 1 aliphatic carbocycles. The van der Waals surface area contributed by atoms with Gasteiger partial charge in [0.25, 0.3) is 0 Å². The number of nitrogens with zero attached hydrogens (tertiary/aromatic N) is 3. The van der Waals surface area contributed by atoms with Crippen LogP contribution in [0.3, 0.4) is 0 Å². The Kier molecular flexibility index (Phi) is 7.39. The molecule has 1 aliphatic rings. The first-order valence-corrected chi connectivity index (χ1v) is 13.1. The summed E-state index contributed by atoms with van der Waals surface area (Å²) in [6.07, 6.45) is -3.83. The van der Waals surface area contributed by atoms with Crippen molar-refractivity contribution in [3.8, 4) is 11.1 Å². The number of sulfonamides is 1. The average molecular weight is 547 g/mol. The van der Waals surface area contributed by atoms with Crippen LogP contribution in [0.2, 0.25) is 0 Å². The molecule has 0 aliphatic heterocycles. The van der Waals surface area contributed by atoms with Crippen molar-refractivity contribution in [1.29, 1.82) is 0 Å². The van der Waals surface area contributed by atoms with Crippen molar-refractivity contribution in [1.82, 2.24) is 19.5 Å². The summed E-state index contributed by atoms with van der Waals surface area (Å²) in [7, 11) is -4.01. The second-order valence-electron chi connectivity index (χ2n) is 9.02. The lowest BCUT2D eigenvalue weighted by molar-refractivity contribution is -0.143. The third-order valence-corrected chi connectivity index (χ3v) is 8.10. The Morgan fingerprint density at radius 1 is 0.919 bits per heavy atom. The zero-order valence-corrected chi connectivity index (χ0v) is 20.5. The van der Waals surface area contributed by atoms with Crippen LogP contribution < -0.4 is 4.72 Å². The largest absolute Gasteiger partial charge is 0.416 e. The molecule has 0 bridgehead atoms. The van der Waals surface area contributed by atoms with Gasteiger partial charge in [-0.15, -0.1) is 10.2 Å². The van der Waals surface area contributed by atoms with Crippen molar-refractivity contribution in [3.05, 3.63) is 65.7 Å². The lowest BCUT2D eigenvalue weighted by Crippen LogP contribution is -2.39. The Hall–Kier alpha value is -2.93. The van der Waals surface area contributed by atoms with E-state index in [1.807, 2.05) is 4.57 Å². The van der Waals surface area contributed by atoms with Gasteiger partial charge in [0.2, 0.25) is 10.0 Å². The van der Waals surface area contributed by atoms with E-state index in [1.54, 1.807) is 19.6 Å². The summed E-state index contributed by atoms with van der Waals surface area (Å²) in [5.74, 6) is 0. The lowest BCUT2D eigenvalue weighted by atomic mass is 9.91. The Morgan fingerprint density at radius 2 is 1.54 bits per heavy atom. The van der Waals surface area contributed by atoms with Gasteiger partial charge in [-0.05, 0) is 79.1 Å². The predicted octanol–water partition coefficient (Wildman–Crippen LogP) is 6.01. The summed E-state index contributed by atoms with van der Waals surface area (Å²) in [5.41, 5.74) is -2.85. The summed E-state index contributed by atoms with van der Waals surface area (Å²) in [5, 5.41) is 7.58. The van der Waals surface area contributed by atoms with E-state index in [4.69, 9.17) is 0 Å². The maximum Gasteiger partial charge on any atom is 0.416 e. The molecule has 0 radical (unpaired) electrons. The fourth-order valence-corrected chi connectivity index (χ4v) is 6.22. The van der Waals surface area contributed by atoms with E-state index in [0.717, 1.165) is 12.8 Å². The van der Waals surface area contributed by atoms with Crippen molar-refractivity contribution < 1.29 is 34.8 Å². The smallest absolute Gasteiger partial charge is 0.317 e. The number of alkyl halides is 6. The number of hydrogen-bond donors (Lipinski definition) is 1. The summed E-state index contributed by atoms with van der Waals surface area (Å²) in [6.45, 7) is 1.66. The highest BCUT2D eigenvalue weighted by Gasteiger charge is 2.37. The van der Waals surface area contributed by atoms with Crippen molar-refractivity contribution in [2.45, 2.75) is 68.4 Å². The van der Waals surface area contributed by atoms with Gasteiger partial charge in [0.1, 0.15) is 12.7 Å². The van der Waals surface area contributed by atoms with Crippen molar-refractivity contribution in [3.63, 3.8) is 0 Å². The molecule has 0 saturated heterocycles. The van der Waals surface area contributed by atoms with Crippen LogP contribution in [-0.2, 0) is 28.8 Å². The topological polar surface area (TPSA) is 76.9 Å². The molecule has 13 heteroatoms. The Morgan fingerprint density at radius 3 is 2.11 bits per heavy atom. The number of hydrogen-bond acceptors (Lipinski definition) is 4. The maximum atomic E-state index is 13.3. The molecular weight excluding hydrogens is 522 g/mol. The summed E-state index contributed by atoms with van der Waals surface area (Å²) in [6, 6.07) is 4.78. The van der Waals surface area contributed by atoms with Gasteiger partial charge in [0.05, 0.1) is 16.0 Å². The minimum atomic E-state index is -4.98. The molecule has 2 atom stereocenters. The van der Waals surface area contributed by atoms with Gasteiger partial charge in [-0.1, -0.05) is 13.0 Å². The number of aromatic nitrogens is 3. The third kappa shape index (κ3) is 6.15. The quantitative estimate of drug-likeness (QED) is 0.385. The molecule has 1 saturated carbocycles. The Balaban J connectivity index is 1.64. The van der Waals surface area contributed by atoms with E-state index < -0.39 is 33.5 Å². The van der Waals surface area contributed by atoms with Gasteiger partial charge in [-0.3, -0.25) is 0 Å². The van der Waals surface area contributed by atoms with Gasteiger partial charge in [-0.25, -0.2) is 13.1 Å². The molecule has 1 N–H and O–H groups in total. The summed E-state index contributed by atoms with van der Waals surface area (Å²) >= 11 is 0. The number of aryl methyl sites for hydroxylation is 1. The molecule has 6 nitrogen and oxygen atoms in total. The summed E-state index contributed by atoms with van der Waals surface area (Å²) < 4.78 is 111. The molecule has 1 heterocycles. The van der Waals surface area contributed by atoms with E-state index in [1.165, 1.54) is 18.2 Å². The standard InChI is InChI=1S/C24H24F6N4O2S/c1-2-15-8-16(17-9-18(23(25,26)27)11-19(10-17)24(28,29)30)6-7-22(15)37(35,36)33-20-4-3-5-21(12-20)34-13-31-32-14-34/h6-11,13-14,20-21,33H,2-5,12H2,1H3/t20-,21+/m0/s1. The molecule has 4 rings (SSSR count). The second kappa shape index (κ2) is 10.1. The number of rotatable bonds is 6. The van der Waals surface area contributed by atoms with Crippen molar-refractivity contribution >= 4 is 10.0 Å². The Labute approximate surface area is 209 Å². The maximum absolute atomic E-state index is 13.3. The SMILES string of the molecule is CCc1cc(-c2cc(C(F)(F)F)cc(C(F)(F)F)c2)ccc1S(=O)(=O)N[C@H]1CCC[C@@H](n2cnnc2)C1. The normalized spacial score (nSPS) is 19.2. The van der Waals surface area contributed by atoms with Gasteiger partial charge < -0.3 is 4.57 Å². The van der Waals surface area contributed by atoms with E-state index in [0.29, 0.717) is 25.0 Å². The molecule has 0 unspecified atom stereocenters. The van der Waals surface area contributed by atoms with Gasteiger partial charge in [0.15, 0.2) is 0 Å².